The molecule has 2 heterocycles. The summed E-state index contributed by atoms with van der Waals surface area (Å²) in [5.74, 6) is 0.604. The van der Waals surface area contributed by atoms with Gasteiger partial charge < -0.3 is 0 Å². The molecule has 0 spiro atoms. The number of aromatic nitrogens is 3. The van der Waals surface area contributed by atoms with Crippen LogP contribution in [0, 0.1) is 20.8 Å². The molecule has 0 atom stereocenters. The summed E-state index contributed by atoms with van der Waals surface area (Å²) in [6, 6.07) is 2.07. The molecule has 0 aliphatic rings. The molecule has 0 N–H and O–H groups in total. The summed E-state index contributed by atoms with van der Waals surface area (Å²) in [5.41, 5.74) is 4.92. The van der Waals surface area contributed by atoms with Gasteiger partial charge in [0.2, 0.25) is 0 Å². The molecule has 94 valence electrons. The van der Waals surface area contributed by atoms with Crippen molar-refractivity contribution >= 4 is 11.6 Å². The smallest absolute Gasteiger partial charge is 0.180 e. The zero-order chi connectivity index (χ0) is 13.3. The summed E-state index contributed by atoms with van der Waals surface area (Å²) in [6.45, 7) is 8.03. The minimum Gasteiger partial charge on any atom is -0.252 e. The quantitative estimate of drug-likeness (QED) is 0.774. The van der Waals surface area contributed by atoms with Gasteiger partial charge in [0.15, 0.2) is 5.82 Å². The highest BCUT2D eigenvalue weighted by molar-refractivity contribution is 6.30. The molecule has 2 aromatic rings. The molecule has 4 heteroatoms. The van der Waals surface area contributed by atoms with E-state index in [1.807, 2.05) is 33.9 Å². The molecule has 0 fully saturated rings. The molecule has 18 heavy (non-hydrogen) atoms. The fourth-order valence-electron chi connectivity index (χ4n) is 2.02. The summed E-state index contributed by atoms with van der Waals surface area (Å²) in [7, 11) is 0. The van der Waals surface area contributed by atoms with Crippen molar-refractivity contribution in [3.8, 4) is 11.5 Å². The largest absolute Gasteiger partial charge is 0.252 e. The Kier molecular flexibility index (Phi) is 3.62. The van der Waals surface area contributed by atoms with E-state index in [2.05, 4.69) is 21.0 Å². The summed E-state index contributed by atoms with van der Waals surface area (Å²) >= 11 is 6.19. The predicted octanol–water partition coefficient (Wildman–Crippen LogP) is 3.68. The Balaban J connectivity index is 2.58. The first-order valence-electron chi connectivity index (χ1n) is 5.99. The number of aryl methyl sites for hydroxylation is 3. The Morgan fingerprint density at radius 2 is 1.89 bits per heavy atom. The van der Waals surface area contributed by atoms with Crippen LogP contribution in [-0.2, 0) is 6.42 Å². The highest BCUT2D eigenvalue weighted by Gasteiger charge is 2.12. The van der Waals surface area contributed by atoms with E-state index >= 15 is 0 Å². The molecular formula is C14H16ClN3. The fraction of sp³-hybridized carbons (Fsp3) is 0.357. The second-order valence-electron chi connectivity index (χ2n) is 4.43. The molecule has 2 aromatic heterocycles. The lowest BCUT2D eigenvalue weighted by Crippen LogP contribution is -2.01. The van der Waals surface area contributed by atoms with Crippen LogP contribution in [-0.4, -0.2) is 15.0 Å². The monoisotopic (exact) mass is 261 g/mol. The summed E-state index contributed by atoms with van der Waals surface area (Å²) in [5, 5.41) is 0.529. The van der Waals surface area contributed by atoms with Gasteiger partial charge >= 0.3 is 0 Å². The number of halogens is 1. The van der Waals surface area contributed by atoms with Crippen molar-refractivity contribution in [2.75, 3.05) is 0 Å². The van der Waals surface area contributed by atoms with Crippen molar-refractivity contribution in [2.24, 2.45) is 0 Å². The van der Waals surface area contributed by atoms with Crippen molar-refractivity contribution in [2.45, 2.75) is 34.1 Å². The lowest BCUT2D eigenvalue weighted by molar-refractivity contribution is 0.991. The molecule has 2 rings (SSSR count). The van der Waals surface area contributed by atoms with Crippen molar-refractivity contribution in [3.05, 3.63) is 39.8 Å². The van der Waals surface area contributed by atoms with E-state index in [1.165, 1.54) is 0 Å². The highest BCUT2D eigenvalue weighted by Crippen LogP contribution is 2.23. The van der Waals surface area contributed by atoms with Gasteiger partial charge in [0.05, 0.1) is 0 Å². The molecule has 0 radical (unpaired) electrons. The number of rotatable bonds is 2. The summed E-state index contributed by atoms with van der Waals surface area (Å²) in [4.78, 5) is 13.3. The molecule has 0 aliphatic heterocycles. The predicted molar refractivity (Wildman–Crippen MR) is 73.9 cm³/mol. The van der Waals surface area contributed by atoms with Crippen molar-refractivity contribution in [1.29, 1.82) is 0 Å². The average Bonchev–Trinajstić information content (AvgIpc) is 2.28. The summed E-state index contributed by atoms with van der Waals surface area (Å²) in [6.07, 6.45) is 2.66. The van der Waals surface area contributed by atoms with E-state index in [1.54, 1.807) is 0 Å². The van der Waals surface area contributed by atoms with Gasteiger partial charge in [-0.15, -0.1) is 0 Å². The van der Waals surface area contributed by atoms with Crippen molar-refractivity contribution in [3.63, 3.8) is 0 Å². The third-order valence-electron chi connectivity index (χ3n) is 2.94. The van der Waals surface area contributed by atoms with Gasteiger partial charge in [-0.25, -0.2) is 9.97 Å². The number of hydrogen-bond donors (Lipinski definition) is 0. The van der Waals surface area contributed by atoms with Crippen LogP contribution in [0.3, 0.4) is 0 Å². The minimum atomic E-state index is 0.529. The molecule has 0 aromatic carbocycles. The number of pyridine rings is 1. The van der Waals surface area contributed by atoms with E-state index in [-0.39, 0.29) is 0 Å². The standard InChI is InChI=1S/C14H16ClN3/c1-5-11-10(4)17-14(18-13(11)15)12-9(3)6-8(2)7-16-12/h6-7H,5H2,1-4H3. The van der Waals surface area contributed by atoms with Crippen molar-refractivity contribution < 1.29 is 0 Å². The van der Waals surface area contributed by atoms with E-state index in [9.17, 15) is 0 Å². The maximum absolute atomic E-state index is 6.19. The first-order chi connectivity index (χ1) is 8.52. The van der Waals surface area contributed by atoms with Gasteiger partial charge in [0, 0.05) is 17.5 Å². The molecule has 0 aliphatic carbocycles. The maximum Gasteiger partial charge on any atom is 0.180 e. The molecule has 0 saturated heterocycles. The topological polar surface area (TPSA) is 38.7 Å². The molecule has 3 nitrogen and oxygen atoms in total. The second kappa shape index (κ2) is 5.02. The Labute approximate surface area is 112 Å². The lowest BCUT2D eigenvalue weighted by atomic mass is 10.1. The lowest BCUT2D eigenvalue weighted by Gasteiger charge is -2.09. The van der Waals surface area contributed by atoms with Crippen LogP contribution >= 0.6 is 11.6 Å². The van der Waals surface area contributed by atoms with Crippen LogP contribution in [0.1, 0.15) is 29.3 Å². The van der Waals surface area contributed by atoms with Crippen LogP contribution in [0.25, 0.3) is 11.5 Å². The Morgan fingerprint density at radius 3 is 2.44 bits per heavy atom. The first kappa shape index (κ1) is 13.0. The van der Waals surface area contributed by atoms with Gasteiger partial charge in [-0.1, -0.05) is 24.6 Å². The maximum atomic E-state index is 6.19. The van der Waals surface area contributed by atoms with Gasteiger partial charge in [-0.05, 0) is 38.3 Å². The van der Waals surface area contributed by atoms with Crippen LogP contribution in [0.2, 0.25) is 5.15 Å². The second-order valence-corrected chi connectivity index (χ2v) is 4.79. The third-order valence-corrected chi connectivity index (χ3v) is 3.26. The highest BCUT2D eigenvalue weighted by atomic mass is 35.5. The molecule has 0 amide bonds. The van der Waals surface area contributed by atoms with E-state index in [0.717, 1.165) is 34.5 Å². The molecular weight excluding hydrogens is 246 g/mol. The average molecular weight is 262 g/mol. The Bertz CT molecular complexity index is 571. The van der Waals surface area contributed by atoms with Gasteiger partial charge in [-0.3, -0.25) is 4.98 Å². The van der Waals surface area contributed by atoms with Crippen LogP contribution in [0.15, 0.2) is 12.3 Å². The van der Waals surface area contributed by atoms with Crippen LogP contribution < -0.4 is 0 Å². The third kappa shape index (κ3) is 2.36. The minimum absolute atomic E-state index is 0.529. The molecule has 0 bridgehead atoms. The van der Waals surface area contributed by atoms with Gasteiger partial charge in [0.25, 0.3) is 0 Å². The molecule has 0 unspecified atom stereocenters. The Hall–Kier alpha value is -1.48. The van der Waals surface area contributed by atoms with Crippen LogP contribution in [0.5, 0.6) is 0 Å². The fourth-order valence-corrected chi connectivity index (χ4v) is 2.37. The first-order valence-corrected chi connectivity index (χ1v) is 6.37. The number of hydrogen-bond acceptors (Lipinski definition) is 3. The van der Waals surface area contributed by atoms with Crippen molar-refractivity contribution in [1.82, 2.24) is 15.0 Å². The zero-order valence-electron chi connectivity index (χ0n) is 11.1. The summed E-state index contributed by atoms with van der Waals surface area (Å²) < 4.78 is 0. The number of nitrogens with zero attached hydrogens (tertiary/aromatic N) is 3. The van der Waals surface area contributed by atoms with Gasteiger partial charge in [-0.2, -0.15) is 0 Å². The molecule has 0 saturated carbocycles. The zero-order valence-corrected chi connectivity index (χ0v) is 11.8. The van der Waals surface area contributed by atoms with E-state index < -0.39 is 0 Å². The Morgan fingerprint density at radius 1 is 1.17 bits per heavy atom. The SMILES string of the molecule is CCc1c(C)nc(-c2ncc(C)cc2C)nc1Cl. The van der Waals surface area contributed by atoms with Crippen LogP contribution in [0.4, 0.5) is 0 Å². The van der Waals surface area contributed by atoms with Gasteiger partial charge in [0.1, 0.15) is 10.8 Å². The van der Waals surface area contributed by atoms with E-state index in [0.29, 0.717) is 11.0 Å². The normalized spacial score (nSPS) is 10.7. The van der Waals surface area contributed by atoms with E-state index in [4.69, 9.17) is 11.6 Å².